The highest BCUT2D eigenvalue weighted by Crippen LogP contribution is 2.22. The van der Waals surface area contributed by atoms with Crippen molar-refractivity contribution in [1.82, 2.24) is 9.29 Å². The lowest BCUT2D eigenvalue weighted by molar-refractivity contribution is -0.120. The average Bonchev–Trinajstić information content (AvgIpc) is 2.55. The summed E-state index contributed by atoms with van der Waals surface area (Å²) in [6.07, 6.45) is 4.11. The molecule has 0 aliphatic carbocycles. The molecule has 0 bridgehead atoms. The highest BCUT2D eigenvalue weighted by Gasteiger charge is 2.30. The molecule has 0 radical (unpaired) electrons. The Morgan fingerprint density at radius 2 is 2.09 bits per heavy atom. The van der Waals surface area contributed by atoms with Crippen molar-refractivity contribution in [2.24, 2.45) is 5.92 Å². The minimum Gasteiger partial charge on any atom is -0.324 e. The van der Waals surface area contributed by atoms with Gasteiger partial charge < -0.3 is 5.32 Å². The fraction of sp³-hybridized carbons (Fsp3) is 0.600. The first-order valence-electron chi connectivity index (χ1n) is 7.82. The quantitative estimate of drug-likeness (QED) is 0.791. The van der Waals surface area contributed by atoms with Gasteiger partial charge in [-0.05, 0) is 31.4 Å². The van der Waals surface area contributed by atoms with Crippen LogP contribution in [-0.4, -0.2) is 42.5 Å². The lowest BCUT2D eigenvalue weighted by Gasteiger charge is -2.30. The Morgan fingerprint density at radius 1 is 1.39 bits per heavy atom. The van der Waals surface area contributed by atoms with Crippen molar-refractivity contribution in [2.75, 3.05) is 24.2 Å². The number of pyridine rings is 1. The maximum Gasteiger partial charge on any atom is 0.227 e. The van der Waals surface area contributed by atoms with Gasteiger partial charge in [0.1, 0.15) is 5.15 Å². The lowest BCUT2D eigenvalue weighted by atomic mass is 9.97. The number of amides is 1. The van der Waals surface area contributed by atoms with Crippen LogP contribution in [0.25, 0.3) is 0 Å². The molecule has 0 unspecified atom stereocenters. The number of nitrogens with zero attached hydrogens (tertiary/aromatic N) is 2. The van der Waals surface area contributed by atoms with Crippen LogP contribution in [0.15, 0.2) is 18.3 Å². The molecule has 1 aromatic rings. The van der Waals surface area contributed by atoms with Crippen molar-refractivity contribution in [3.63, 3.8) is 0 Å². The number of piperidine rings is 1. The maximum absolute atomic E-state index is 12.2. The summed E-state index contributed by atoms with van der Waals surface area (Å²) < 4.78 is 25.8. The summed E-state index contributed by atoms with van der Waals surface area (Å²) >= 11 is 5.71. The van der Waals surface area contributed by atoms with Gasteiger partial charge in [0.2, 0.25) is 15.9 Å². The number of halogens is 1. The van der Waals surface area contributed by atoms with Gasteiger partial charge in [0.15, 0.2) is 0 Å². The van der Waals surface area contributed by atoms with Crippen molar-refractivity contribution in [3.8, 4) is 0 Å². The average molecular weight is 360 g/mol. The van der Waals surface area contributed by atoms with E-state index in [-0.39, 0.29) is 17.6 Å². The van der Waals surface area contributed by atoms with E-state index in [0.717, 1.165) is 6.42 Å². The van der Waals surface area contributed by atoms with Gasteiger partial charge in [-0.15, -0.1) is 0 Å². The molecule has 1 N–H and O–H groups in total. The second-order valence-corrected chi connectivity index (χ2v) is 8.18. The van der Waals surface area contributed by atoms with Crippen molar-refractivity contribution in [2.45, 2.75) is 32.6 Å². The van der Waals surface area contributed by atoms with Gasteiger partial charge in [-0.25, -0.2) is 17.7 Å². The van der Waals surface area contributed by atoms with E-state index in [4.69, 9.17) is 11.6 Å². The molecule has 1 aromatic heterocycles. The van der Waals surface area contributed by atoms with Crippen LogP contribution < -0.4 is 5.32 Å². The molecule has 23 heavy (non-hydrogen) atoms. The summed E-state index contributed by atoms with van der Waals surface area (Å²) in [5, 5.41) is 3.17. The number of hydrogen-bond donors (Lipinski definition) is 1. The standard InChI is InChI=1S/C15H22ClN3O3S/c1-2-3-10-23(21,22)19-8-6-12(7-9-19)15(20)18-13-4-5-14(16)17-11-13/h4-5,11-12H,2-3,6-10H2,1H3,(H,18,20). The van der Waals surface area contributed by atoms with Gasteiger partial charge in [-0.1, -0.05) is 24.9 Å². The predicted octanol–water partition coefficient (Wildman–Crippen LogP) is 2.52. The second-order valence-electron chi connectivity index (χ2n) is 5.70. The van der Waals surface area contributed by atoms with E-state index < -0.39 is 10.0 Å². The smallest absolute Gasteiger partial charge is 0.227 e. The second kappa shape index (κ2) is 8.08. The molecule has 1 amide bonds. The zero-order valence-corrected chi connectivity index (χ0v) is 14.7. The third-order valence-electron chi connectivity index (χ3n) is 3.97. The van der Waals surface area contributed by atoms with Crippen molar-refractivity contribution >= 4 is 33.2 Å². The van der Waals surface area contributed by atoms with E-state index >= 15 is 0 Å². The number of sulfonamides is 1. The summed E-state index contributed by atoms with van der Waals surface area (Å²) in [4.78, 5) is 16.2. The highest BCUT2D eigenvalue weighted by atomic mass is 35.5. The topological polar surface area (TPSA) is 79.4 Å². The van der Waals surface area contributed by atoms with E-state index in [9.17, 15) is 13.2 Å². The number of nitrogens with one attached hydrogen (secondary N) is 1. The molecule has 8 heteroatoms. The molecular formula is C15H22ClN3O3S. The molecule has 2 rings (SSSR count). The van der Waals surface area contributed by atoms with E-state index in [1.807, 2.05) is 6.92 Å². The molecule has 6 nitrogen and oxygen atoms in total. The Balaban J connectivity index is 1.86. The molecule has 1 fully saturated rings. The van der Waals surface area contributed by atoms with Gasteiger partial charge in [0, 0.05) is 19.0 Å². The fourth-order valence-electron chi connectivity index (χ4n) is 2.55. The van der Waals surface area contributed by atoms with Crippen LogP contribution in [0.1, 0.15) is 32.6 Å². The molecular weight excluding hydrogens is 338 g/mol. The van der Waals surface area contributed by atoms with E-state index in [1.54, 1.807) is 12.1 Å². The van der Waals surface area contributed by atoms with Gasteiger partial charge >= 0.3 is 0 Å². The number of carbonyl (C=O) groups excluding carboxylic acids is 1. The lowest BCUT2D eigenvalue weighted by Crippen LogP contribution is -2.42. The SMILES string of the molecule is CCCCS(=O)(=O)N1CCC(C(=O)Nc2ccc(Cl)nc2)CC1. The Bertz CT molecular complexity index is 626. The van der Waals surface area contributed by atoms with Crippen LogP contribution in [0.2, 0.25) is 5.15 Å². The van der Waals surface area contributed by atoms with E-state index in [0.29, 0.717) is 43.2 Å². The first-order valence-corrected chi connectivity index (χ1v) is 9.81. The van der Waals surface area contributed by atoms with Gasteiger partial charge in [-0.3, -0.25) is 4.79 Å². The molecule has 0 spiro atoms. The Kier molecular flexibility index (Phi) is 6.38. The van der Waals surface area contributed by atoms with Crippen molar-refractivity contribution in [3.05, 3.63) is 23.5 Å². The van der Waals surface area contributed by atoms with Crippen LogP contribution in [-0.2, 0) is 14.8 Å². The zero-order chi connectivity index (χ0) is 16.9. The van der Waals surface area contributed by atoms with Crippen molar-refractivity contribution in [1.29, 1.82) is 0 Å². The number of rotatable bonds is 6. The molecule has 0 saturated carbocycles. The largest absolute Gasteiger partial charge is 0.324 e. The number of hydrogen-bond acceptors (Lipinski definition) is 4. The van der Waals surface area contributed by atoms with Crippen LogP contribution in [0.4, 0.5) is 5.69 Å². The molecule has 2 heterocycles. The number of unbranched alkanes of at least 4 members (excludes halogenated alkanes) is 1. The number of carbonyl (C=O) groups is 1. The Hall–Kier alpha value is -1.18. The van der Waals surface area contributed by atoms with Crippen LogP contribution in [0.3, 0.4) is 0 Å². The van der Waals surface area contributed by atoms with Crippen LogP contribution in [0.5, 0.6) is 0 Å². The third kappa shape index (κ3) is 5.16. The Labute approximate surface area is 142 Å². The molecule has 1 aliphatic rings. The predicted molar refractivity (Wildman–Crippen MR) is 90.9 cm³/mol. The minimum atomic E-state index is -3.18. The minimum absolute atomic E-state index is 0.0975. The molecule has 1 saturated heterocycles. The number of aromatic nitrogens is 1. The molecule has 128 valence electrons. The molecule has 1 aliphatic heterocycles. The highest BCUT2D eigenvalue weighted by molar-refractivity contribution is 7.89. The van der Waals surface area contributed by atoms with Crippen LogP contribution >= 0.6 is 11.6 Å². The first kappa shape index (κ1) is 18.2. The zero-order valence-electron chi connectivity index (χ0n) is 13.2. The maximum atomic E-state index is 12.2. The van der Waals surface area contributed by atoms with Gasteiger partial charge in [0.25, 0.3) is 0 Å². The van der Waals surface area contributed by atoms with Crippen LogP contribution in [0, 0.1) is 5.92 Å². The summed E-state index contributed by atoms with van der Waals surface area (Å²) in [7, 11) is -3.18. The summed E-state index contributed by atoms with van der Waals surface area (Å²) in [6.45, 7) is 2.78. The fourth-order valence-corrected chi connectivity index (χ4v) is 4.34. The van der Waals surface area contributed by atoms with Crippen molar-refractivity contribution < 1.29 is 13.2 Å². The summed E-state index contributed by atoms with van der Waals surface area (Å²) in [5.74, 6) is -0.0837. The normalized spacial score (nSPS) is 17.1. The Morgan fingerprint density at radius 3 is 2.65 bits per heavy atom. The summed E-state index contributed by atoms with van der Waals surface area (Å²) in [5.41, 5.74) is 0.595. The van der Waals surface area contributed by atoms with Gasteiger partial charge in [-0.2, -0.15) is 0 Å². The monoisotopic (exact) mass is 359 g/mol. The first-order chi connectivity index (χ1) is 10.9. The third-order valence-corrected chi connectivity index (χ3v) is 6.15. The van der Waals surface area contributed by atoms with E-state index in [1.165, 1.54) is 10.5 Å². The van der Waals surface area contributed by atoms with Gasteiger partial charge in [0.05, 0.1) is 17.6 Å². The molecule has 0 aromatic carbocycles. The number of anilines is 1. The van der Waals surface area contributed by atoms with E-state index in [2.05, 4.69) is 10.3 Å². The summed E-state index contributed by atoms with van der Waals surface area (Å²) in [6, 6.07) is 3.30. The molecule has 0 atom stereocenters.